The summed E-state index contributed by atoms with van der Waals surface area (Å²) in [5.41, 5.74) is 0. The number of rotatable bonds is 0. The topological polar surface area (TPSA) is 190 Å². The molecule has 0 bridgehead atoms. The van der Waals surface area contributed by atoms with Crippen molar-refractivity contribution in [3.8, 4) is 0 Å². The molecule has 0 rings (SSSR count). The van der Waals surface area contributed by atoms with E-state index in [0.29, 0.717) is 0 Å². The normalized spacial score (nSPS) is 7.50. The van der Waals surface area contributed by atoms with Crippen LogP contribution in [0.15, 0.2) is 0 Å². The molecular weight excluding hydrogens is 544 g/mol. The Kier molecular flexibility index (Phi) is 54.9. The van der Waals surface area contributed by atoms with E-state index in [-0.39, 0.29) is 98.8 Å². The average molecular weight is 544 g/mol. The smallest absolute Gasteiger partial charge is 0.784 e. The maximum Gasteiger partial charge on any atom is 3.00 e. The molecule has 0 saturated heterocycles. The van der Waals surface area contributed by atoms with Gasteiger partial charge in [0.15, 0.2) is 0 Å². The number of hydrogen-bond acceptors (Lipinski definition) is 9. The maximum absolute atomic E-state index is 8.44. The van der Waals surface area contributed by atoms with Crippen molar-refractivity contribution in [3.05, 3.63) is 0 Å². The monoisotopic (exact) mass is 546 g/mol. The van der Waals surface area contributed by atoms with E-state index in [4.69, 9.17) is 39.9 Å². The Morgan fingerprint density at radius 3 is 0.500 bits per heavy atom. The fourth-order valence-electron chi connectivity index (χ4n) is 0. The molecule has 0 atom stereocenters. The average Bonchev–Trinajstić information content (AvgIpc) is 1.54. The standard InChI is InChI=1S/2Eu.3H2O3S/c;;3*1-4(2)3/h;;3*(H2,1,2,3)/q2*+3;;;/p-6. The molecule has 0 unspecified atom stereocenters. The SMILES string of the molecule is O=S([O-])[O-].O=S([O-])[O-].O=S([O-])[O-].[Eu+3].[Eu+3]. The van der Waals surface area contributed by atoms with Crippen molar-refractivity contribution in [2.75, 3.05) is 0 Å². The van der Waals surface area contributed by atoms with Crippen LogP contribution >= 0.6 is 0 Å². The first-order valence-corrected chi connectivity index (χ1v) is 4.50. The van der Waals surface area contributed by atoms with Crippen molar-refractivity contribution in [2.24, 2.45) is 0 Å². The van der Waals surface area contributed by atoms with Gasteiger partial charge in [0.1, 0.15) is 0 Å². The molecule has 14 heavy (non-hydrogen) atoms. The van der Waals surface area contributed by atoms with Gasteiger partial charge in [-0.05, 0) is 0 Å². The second kappa shape index (κ2) is 25.3. The third-order valence-electron chi connectivity index (χ3n) is 0. The quantitative estimate of drug-likeness (QED) is 0.286. The summed E-state index contributed by atoms with van der Waals surface area (Å²) < 4.78 is 76.0. The van der Waals surface area contributed by atoms with Gasteiger partial charge in [-0.2, -0.15) is 0 Å². The van der Waals surface area contributed by atoms with Crippen LogP contribution in [0.25, 0.3) is 0 Å². The fraction of sp³-hybridized carbons (Fsp3) is 0. The van der Waals surface area contributed by atoms with Crippen molar-refractivity contribution >= 4 is 34.1 Å². The Hall–Kier alpha value is 3.38. The Labute approximate surface area is 169 Å². The zero-order valence-corrected chi connectivity index (χ0v) is 13.0. The van der Waals surface area contributed by atoms with Crippen molar-refractivity contribution in [1.29, 1.82) is 0 Å². The van der Waals surface area contributed by atoms with E-state index in [1.165, 1.54) is 0 Å². The van der Waals surface area contributed by atoms with Crippen LogP contribution < -0.4 is 0 Å². The predicted octanol–water partition coefficient (Wildman–Crippen LogP) is -3.01. The molecule has 0 aliphatic heterocycles. The first kappa shape index (κ1) is 30.4. The van der Waals surface area contributed by atoms with Gasteiger partial charge in [0, 0.05) is 0 Å². The van der Waals surface area contributed by atoms with E-state index in [9.17, 15) is 0 Å². The molecule has 0 fully saturated rings. The van der Waals surface area contributed by atoms with Gasteiger partial charge in [0.25, 0.3) is 0 Å². The van der Waals surface area contributed by atoms with Gasteiger partial charge >= 0.3 is 98.8 Å². The fourth-order valence-corrected chi connectivity index (χ4v) is 0. The molecule has 9 nitrogen and oxygen atoms in total. The van der Waals surface area contributed by atoms with Crippen molar-refractivity contribution in [3.63, 3.8) is 0 Å². The third kappa shape index (κ3) is 279. The Morgan fingerprint density at radius 1 is 0.500 bits per heavy atom. The molecule has 0 amide bonds. The van der Waals surface area contributed by atoms with Crippen molar-refractivity contribution < 1.29 is 139 Å². The van der Waals surface area contributed by atoms with E-state index in [1.54, 1.807) is 0 Å². The van der Waals surface area contributed by atoms with E-state index in [1.807, 2.05) is 0 Å². The largest absolute Gasteiger partial charge is 3.00 e. The summed E-state index contributed by atoms with van der Waals surface area (Å²) in [5, 5.41) is 0. The van der Waals surface area contributed by atoms with Gasteiger partial charge in [-0.3, -0.25) is 12.6 Å². The summed E-state index contributed by atoms with van der Waals surface area (Å²) in [6.07, 6.45) is 0. The van der Waals surface area contributed by atoms with Crippen LogP contribution in [0.2, 0.25) is 0 Å². The summed E-state index contributed by atoms with van der Waals surface area (Å²) >= 11 is -9.33. The minimum Gasteiger partial charge on any atom is -0.784 e. The van der Waals surface area contributed by atoms with Crippen LogP contribution in [0.3, 0.4) is 0 Å². The van der Waals surface area contributed by atoms with Crippen LogP contribution in [0, 0.1) is 98.8 Å². The zero-order valence-electron chi connectivity index (χ0n) is 5.65. The second-order valence-electron chi connectivity index (χ2n) is 0.612. The van der Waals surface area contributed by atoms with Gasteiger partial charge in [0.05, 0.1) is 0 Å². The van der Waals surface area contributed by atoms with Crippen molar-refractivity contribution in [2.45, 2.75) is 0 Å². The second-order valence-corrected chi connectivity index (χ2v) is 1.84. The Balaban J connectivity index is -0.0000000270. The zero-order chi connectivity index (χ0) is 10.7. The van der Waals surface area contributed by atoms with E-state index >= 15 is 0 Å². The van der Waals surface area contributed by atoms with Gasteiger partial charge in [-0.15, -0.1) is 34.1 Å². The van der Waals surface area contributed by atoms with E-state index in [0.717, 1.165) is 0 Å². The van der Waals surface area contributed by atoms with Gasteiger partial charge < -0.3 is 27.3 Å². The summed E-state index contributed by atoms with van der Waals surface area (Å²) in [6.45, 7) is 0. The molecule has 0 aliphatic rings. The molecule has 0 radical (unpaired) electrons. The molecule has 0 heterocycles. The van der Waals surface area contributed by atoms with Gasteiger partial charge in [-0.25, -0.2) is 0 Å². The van der Waals surface area contributed by atoms with Crippen LogP contribution in [0.1, 0.15) is 0 Å². The first-order valence-electron chi connectivity index (χ1n) is 1.50. The first-order chi connectivity index (χ1) is 5.20. The summed E-state index contributed by atoms with van der Waals surface area (Å²) in [6, 6.07) is 0. The molecule has 0 aromatic rings. The molecule has 0 aliphatic carbocycles. The van der Waals surface area contributed by atoms with Gasteiger partial charge in [-0.1, -0.05) is 0 Å². The van der Waals surface area contributed by atoms with Crippen LogP contribution in [-0.4, -0.2) is 39.9 Å². The van der Waals surface area contributed by atoms with Gasteiger partial charge in [0.2, 0.25) is 0 Å². The molecular formula is Eu2O9S3. The predicted molar refractivity (Wildman–Crippen MR) is 29.1 cm³/mol. The molecule has 0 N–H and O–H groups in total. The van der Waals surface area contributed by atoms with Crippen LogP contribution in [-0.2, 0) is 34.1 Å². The molecule has 0 aromatic carbocycles. The minimum absolute atomic E-state index is 0. The summed E-state index contributed by atoms with van der Waals surface area (Å²) in [5.74, 6) is 0. The molecule has 0 saturated carbocycles. The number of hydrogen-bond donors (Lipinski definition) is 0. The molecule has 14 heteroatoms. The summed E-state index contributed by atoms with van der Waals surface area (Å²) in [4.78, 5) is 0. The van der Waals surface area contributed by atoms with E-state index in [2.05, 4.69) is 0 Å². The Bertz CT molecular complexity index is 116. The Morgan fingerprint density at radius 2 is 0.500 bits per heavy atom. The van der Waals surface area contributed by atoms with Crippen LogP contribution in [0.4, 0.5) is 0 Å². The molecule has 0 aromatic heterocycles. The molecule has 0 spiro atoms. The van der Waals surface area contributed by atoms with Crippen LogP contribution in [0.5, 0.6) is 0 Å². The summed E-state index contributed by atoms with van der Waals surface area (Å²) in [7, 11) is 0. The van der Waals surface area contributed by atoms with E-state index < -0.39 is 34.1 Å². The third-order valence-corrected chi connectivity index (χ3v) is 0. The van der Waals surface area contributed by atoms with Crippen molar-refractivity contribution in [1.82, 2.24) is 0 Å². The maximum atomic E-state index is 8.44. The minimum atomic E-state index is -3.11. The molecule has 86 valence electrons.